The lowest BCUT2D eigenvalue weighted by Gasteiger charge is -2.31. The summed E-state index contributed by atoms with van der Waals surface area (Å²) in [7, 11) is 1.55. The zero-order chi connectivity index (χ0) is 15.4. The molecule has 0 radical (unpaired) electrons. The van der Waals surface area contributed by atoms with Crippen LogP contribution in [0.15, 0.2) is 42.5 Å². The van der Waals surface area contributed by atoms with Crippen LogP contribution in [0.4, 0.5) is 10.1 Å². The number of anilines is 1. The molecule has 112 valence electrons. The van der Waals surface area contributed by atoms with Gasteiger partial charge >= 0.3 is 0 Å². The number of halogens is 1. The predicted octanol–water partition coefficient (Wildman–Crippen LogP) is 4.13. The first kappa shape index (κ1) is 15.2. The Labute approximate surface area is 124 Å². The minimum atomic E-state index is -0.265. The van der Waals surface area contributed by atoms with Gasteiger partial charge in [-0.05, 0) is 38.1 Å². The Morgan fingerprint density at radius 2 is 1.95 bits per heavy atom. The summed E-state index contributed by atoms with van der Waals surface area (Å²) >= 11 is 0. The smallest absolute Gasteiger partial charge is 0.146 e. The van der Waals surface area contributed by atoms with E-state index in [4.69, 9.17) is 4.74 Å². The Balaban J connectivity index is 2.37. The Morgan fingerprint density at radius 1 is 1.24 bits per heavy atom. The summed E-state index contributed by atoms with van der Waals surface area (Å²) in [5, 5.41) is 10.2. The van der Waals surface area contributed by atoms with Crippen LogP contribution >= 0.6 is 0 Å². The Morgan fingerprint density at radius 3 is 2.52 bits per heavy atom. The maximum Gasteiger partial charge on any atom is 0.146 e. The van der Waals surface area contributed by atoms with Crippen LogP contribution in [0.2, 0.25) is 0 Å². The number of phenolic OH excluding ortho intramolecular Hbond substituents is 1. The first-order chi connectivity index (χ1) is 10.1. The van der Waals surface area contributed by atoms with E-state index in [1.165, 1.54) is 6.07 Å². The zero-order valence-corrected chi connectivity index (χ0v) is 12.5. The molecule has 0 amide bonds. The van der Waals surface area contributed by atoms with Gasteiger partial charge in [-0.25, -0.2) is 4.39 Å². The molecule has 0 fully saturated rings. The minimum absolute atomic E-state index is 0.150. The lowest BCUT2D eigenvalue weighted by molar-refractivity contribution is 0.405. The maximum atomic E-state index is 14.0. The molecule has 1 unspecified atom stereocenters. The predicted molar refractivity (Wildman–Crippen MR) is 82.5 cm³/mol. The maximum absolute atomic E-state index is 14.0. The van der Waals surface area contributed by atoms with E-state index in [1.54, 1.807) is 31.4 Å². The molecule has 4 heteroatoms. The first-order valence-electron chi connectivity index (χ1n) is 6.96. The van der Waals surface area contributed by atoms with Crippen LogP contribution in [0.1, 0.15) is 25.5 Å². The van der Waals surface area contributed by atoms with Crippen molar-refractivity contribution in [2.45, 2.75) is 19.9 Å². The van der Waals surface area contributed by atoms with Crippen molar-refractivity contribution in [2.75, 3.05) is 18.6 Å². The fourth-order valence-corrected chi connectivity index (χ4v) is 2.51. The third-order valence-electron chi connectivity index (χ3n) is 3.66. The summed E-state index contributed by atoms with van der Waals surface area (Å²) in [5.74, 6) is 0.480. The number of hydrogen-bond acceptors (Lipinski definition) is 3. The Bertz CT molecular complexity index is 615. The van der Waals surface area contributed by atoms with E-state index in [0.717, 1.165) is 5.56 Å². The molecule has 0 aliphatic carbocycles. The lowest BCUT2D eigenvalue weighted by Crippen LogP contribution is -2.27. The molecule has 3 nitrogen and oxygen atoms in total. The minimum Gasteiger partial charge on any atom is -0.507 e. The van der Waals surface area contributed by atoms with Crippen LogP contribution < -0.4 is 9.64 Å². The van der Waals surface area contributed by atoms with E-state index in [9.17, 15) is 9.50 Å². The monoisotopic (exact) mass is 289 g/mol. The standard InChI is InChI=1S/C17H20FNO2/c1-4-19(16-8-6-5-7-15(16)18)12(2)14-10-9-13(21-3)11-17(14)20/h5-12,20H,4H2,1-3H3. The number of rotatable bonds is 5. The number of para-hydroxylation sites is 1. The van der Waals surface area contributed by atoms with Gasteiger partial charge < -0.3 is 14.7 Å². The molecule has 1 N–H and O–H groups in total. The molecule has 0 saturated heterocycles. The van der Waals surface area contributed by atoms with Crippen molar-refractivity contribution in [3.05, 3.63) is 53.8 Å². The third-order valence-corrected chi connectivity index (χ3v) is 3.66. The molecule has 0 aliphatic rings. The molecule has 0 saturated carbocycles. The fraction of sp³-hybridized carbons (Fsp3) is 0.294. The van der Waals surface area contributed by atoms with Crippen LogP contribution in [-0.4, -0.2) is 18.8 Å². The summed E-state index contributed by atoms with van der Waals surface area (Å²) < 4.78 is 19.1. The van der Waals surface area contributed by atoms with E-state index in [1.807, 2.05) is 30.9 Å². The van der Waals surface area contributed by atoms with Crippen LogP contribution in [0, 0.1) is 5.82 Å². The normalized spacial score (nSPS) is 12.0. The van der Waals surface area contributed by atoms with Gasteiger partial charge in [-0.15, -0.1) is 0 Å². The van der Waals surface area contributed by atoms with Gasteiger partial charge in [0.1, 0.15) is 17.3 Å². The van der Waals surface area contributed by atoms with Crippen molar-refractivity contribution in [1.29, 1.82) is 0 Å². The first-order valence-corrected chi connectivity index (χ1v) is 6.96. The van der Waals surface area contributed by atoms with Gasteiger partial charge in [-0.1, -0.05) is 12.1 Å². The average molecular weight is 289 g/mol. The number of phenols is 1. The van der Waals surface area contributed by atoms with E-state index in [-0.39, 0.29) is 17.6 Å². The Hall–Kier alpha value is -2.23. The average Bonchev–Trinajstić information content (AvgIpc) is 2.49. The van der Waals surface area contributed by atoms with E-state index in [2.05, 4.69) is 0 Å². The highest BCUT2D eigenvalue weighted by molar-refractivity contribution is 5.52. The summed E-state index contributed by atoms with van der Waals surface area (Å²) in [6.45, 7) is 4.54. The van der Waals surface area contributed by atoms with E-state index < -0.39 is 0 Å². The van der Waals surface area contributed by atoms with Crippen LogP contribution in [-0.2, 0) is 0 Å². The molecule has 0 aromatic heterocycles. The van der Waals surface area contributed by atoms with Gasteiger partial charge in [0, 0.05) is 18.2 Å². The van der Waals surface area contributed by atoms with Gasteiger partial charge in [0.2, 0.25) is 0 Å². The van der Waals surface area contributed by atoms with Crippen LogP contribution in [0.5, 0.6) is 11.5 Å². The summed E-state index contributed by atoms with van der Waals surface area (Å²) in [5.41, 5.74) is 1.27. The van der Waals surface area contributed by atoms with Crippen molar-refractivity contribution in [2.24, 2.45) is 0 Å². The van der Waals surface area contributed by atoms with Crippen molar-refractivity contribution >= 4 is 5.69 Å². The van der Waals surface area contributed by atoms with Gasteiger partial charge in [0.25, 0.3) is 0 Å². The second-order valence-electron chi connectivity index (χ2n) is 4.84. The highest BCUT2D eigenvalue weighted by Gasteiger charge is 2.20. The largest absolute Gasteiger partial charge is 0.507 e. The molecule has 0 heterocycles. The van der Waals surface area contributed by atoms with Crippen LogP contribution in [0.25, 0.3) is 0 Å². The second-order valence-corrected chi connectivity index (χ2v) is 4.84. The molecule has 1 atom stereocenters. The van der Waals surface area contributed by atoms with E-state index >= 15 is 0 Å². The number of aromatic hydroxyl groups is 1. The second kappa shape index (κ2) is 6.48. The van der Waals surface area contributed by atoms with Crippen LogP contribution in [0.3, 0.4) is 0 Å². The Kier molecular flexibility index (Phi) is 4.68. The zero-order valence-electron chi connectivity index (χ0n) is 12.5. The van der Waals surface area contributed by atoms with Crippen molar-refractivity contribution in [1.82, 2.24) is 0 Å². The number of nitrogens with zero attached hydrogens (tertiary/aromatic N) is 1. The number of benzene rings is 2. The van der Waals surface area contributed by atoms with Gasteiger partial charge in [0.05, 0.1) is 18.8 Å². The summed E-state index contributed by atoms with van der Waals surface area (Å²) in [6.07, 6.45) is 0. The molecule has 0 bridgehead atoms. The van der Waals surface area contributed by atoms with Crippen molar-refractivity contribution in [3.8, 4) is 11.5 Å². The molecular weight excluding hydrogens is 269 g/mol. The van der Waals surface area contributed by atoms with Gasteiger partial charge in [-0.2, -0.15) is 0 Å². The fourth-order valence-electron chi connectivity index (χ4n) is 2.51. The van der Waals surface area contributed by atoms with E-state index in [0.29, 0.717) is 18.0 Å². The van der Waals surface area contributed by atoms with Crippen molar-refractivity contribution < 1.29 is 14.2 Å². The summed E-state index contributed by atoms with van der Waals surface area (Å²) in [6, 6.07) is 11.7. The third kappa shape index (κ3) is 3.10. The van der Waals surface area contributed by atoms with Gasteiger partial charge in [-0.3, -0.25) is 0 Å². The summed E-state index contributed by atoms with van der Waals surface area (Å²) in [4.78, 5) is 1.91. The van der Waals surface area contributed by atoms with Crippen molar-refractivity contribution in [3.63, 3.8) is 0 Å². The molecule has 2 aromatic rings. The topological polar surface area (TPSA) is 32.7 Å². The SMILES string of the molecule is CCN(c1ccccc1F)C(C)c1ccc(OC)cc1O. The molecular formula is C17H20FNO2. The molecule has 0 aliphatic heterocycles. The number of hydrogen-bond donors (Lipinski definition) is 1. The lowest BCUT2D eigenvalue weighted by atomic mass is 10.0. The molecule has 2 rings (SSSR count). The molecule has 21 heavy (non-hydrogen) atoms. The molecule has 0 spiro atoms. The quantitative estimate of drug-likeness (QED) is 0.898. The highest BCUT2D eigenvalue weighted by atomic mass is 19.1. The highest BCUT2D eigenvalue weighted by Crippen LogP contribution is 2.34. The number of methoxy groups -OCH3 is 1. The number of ether oxygens (including phenoxy) is 1. The molecule has 2 aromatic carbocycles. The van der Waals surface area contributed by atoms with Gasteiger partial charge in [0.15, 0.2) is 0 Å².